The molecule has 2 heteroatoms. The fourth-order valence-corrected chi connectivity index (χ4v) is 2.40. The van der Waals surface area contributed by atoms with Gasteiger partial charge in [0, 0.05) is 19.1 Å². The van der Waals surface area contributed by atoms with Gasteiger partial charge in [-0.3, -0.25) is 0 Å². The Morgan fingerprint density at radius 3 is 2.43 bits per heavy atom. The van der Waals surface area contributed by atoms with Gasteiger partial charge in [0.05, 0.1) is 0 Å². The third-order valence-corrected chi connectivity index (χ3v) is 3.35. The van der Waals surface area contributed by atoms with Crippen LogP contribution in [0.15, 0.2) is 0 Å². The van der Waals surface area contributed by atoms with Crippen LogP contribution < -0.4 is 5.32 Å². The van der Waals surface area contributed by atoms with Crippen LogP contribution in [0, 0.1) is 5.92 Å². The Kier molecular flexibility index (Phi) is 5.49. The van der Waals surface area contributed by atoms with E-state index in [-0.39, 0.29) is 0 Å². The topological polar surface area (TPSA) is 15.3 Å². The SMILES string of the molecule is CC.CCN1CC(C2CCCCN2)C1. The molecule has 0 amide bonds. The summed E-state index contributed by atoms with van der Waals surface area (Å²) in [5.74, 6) is 0.963. The van der Waals surface area contributed by atoms with Crippen LogP contribution in [-0.2, 0) is 0 Å². The zero-order valence-corrected chi connectivity index (χ0v) is 10.1. The standard InChI is InChI=1S/C10H20N2.C2H6/c1-2-12-7-9(8-12)10-5-3-4-6-11-10;1-2/h9-11H,2-8H2,1H3;1-2H3. The van der Waals surface area contributed by atoms with Crippen LogP contribution in [0.3, 0.4) is 0 Å². The van der Waals surface area contributed by atoms with E-state index in [0.717, 1.165) is 12.0 Å². The van der Waals surface area contributed by atoms with E-state index in [2.05, 4.69) is 17.1 Å². The van der Waals surface area contributed by atoms with Gasteiger partial charge in [0.2, 0.25) is 0 Å². The van der Waals surface area contributed by atoms with Gasteiger partial charge in [0.25, 0.3) is 0 Å². The monoisotopic (exact) mass is 198 g/mol. The summed E-state index contributed by atoms with van der Waals surface area (Å²) >= 11 is 0. The van der Waals surface area contributed by atoms with Crippen molar-refractivity contribution in [3.05, 3.63) is 0 Å². The minimum absolute atomic E-state index is 0.849. The van der Waals surface area contributed by atoms with Gasteiger partial charge in [-0.2, -0.15) is 0 Å². The van der Waals surface area contributed by atoms with Gasteiger partial charge in [-0.15, -0.1) is 0 Å². The fraction of sp³-hybridized carbons (Fsp3) is 1.00. The Balaban J connectivity index is 0.000000461. The zero-order chi connectivity index (χ0) is 10.4. The quantitative estimate of drug-likeness (QED) is 0.731. The molecule has 1 atom stereocenters. The molecule has 0 radical (unpaired) electrons. The van der Waals surface area contributed by atoms with Crippen LogP contribution in [0.1, 0.15) is 40.0 Å². The molecule has 0 saturated carbocycles. The van der Waals surface area contributed by atoms with Gasteiger partial charge in [-0.05, 0) is 31.8 Å². The largest absolute Gasteiger partial charge is 0.314 e. The first kappa shape index (κ1) is 12.0. The summed E-state index contributed by atoms with van der Waals surface area (Å²) in [6.07, 6.45) is 4.25. The van der Waals surface area contributed by atoms with Crippen molar-refractivity contribution in [1.82, 2.24) is 10.2 Å². The number of likely N-dealkylation sites (tertiary alicyclic amines) is 1. The zero-order valence-electron chi connectivity index (χ0n) is 10.1. The minimum atomic E-state index is 0.849. The molecule has 2 nitrogen and oxygen atoms in total. The molecule has 2 rings (SSSR count). The molecule has 0 aromatic rings. The molecule has 1 N–H and O–H groups in total. The Morgan fingerprint density at radius 1 is 1.21 bits per heavy atom. The predicted molar refractivity (Wildman–Crippen MR) is 62.6 cm³/mol. The van der Waals surface area contributed by atoms with Crippen molar-refractivity contribution in [2.24, 2.45) is 5.92 Å². The second kappa shape index (κ2) is 6.41. The van der Waals surface area contributed by atoms with Crippen molar-refractivity contribution in [3.63, 3.8) is 0 Å². The number of piperidine rings is 1. The molecular formula is C12H26N2. The highest BCUT2D eigenvalue weighted by atomic mass is 15.2. The van der Waals surface area contributed by atoms with Gasteiger partial charge in [0.15, 0.2) is 0 Å². The van der Waals surface area contributed by atoms with E-state index in [4.69, 9.17) is 0 Å². The van der Waals surface area contributed by atoms with Crippen molar-refractivity contribution < 1.29 is 0 Å². The maximum Gasteiger partial charge on any atom is 0.0120 e. The van der Waals surface area contributed by atoms with Crippen molar-refractivity contribution in [2.45, 2.75) is 46.1 Å². The summed E-state index contributed by atoms with van der Waals surface area (Å²) in [5.41, 5.74) is 0. The molecule has 14 heavy (non-hydrogen) atoms. The van der Waals surface area contributed by atoms with Crippen LogP contribution in [-0.4, -0.2) is 37.1 Å². The first-order valence-electron chi connectivity index (χ1n) is 6.36. The highest BCUT2D eigenvalue weighted by Crippen LogP contribution is 2.23. The summed E-state index contributed by atoms with van der Waals surface area (Å²) in [7, 11) is 0. The van der Waals surface area contributed by atoms with E-state index >= 15 is 0 Å². The molecule has 0 spiro atoms. The van der Waals surface area contributed by atoms with Crippen molar-refractivity contribution in [1.29, 1.82) is 0 Å². The lowest BCUT2D eigenvalue weighted by Crippen LogP contribution is -2.56. The number of nitrogens with zero attached hydrogens (tertiary/aromatic N) is 1. The second-order valence-corrected chi connectivity index (χ2v) is 4.17. The molecule has 0 aliphatic carbocycles. The Bertz CT molecular complexity index is 135. The molecule has 0 aromatic carbocycles. The predicted octanol–water partition coefficient (Wildman–Crippen LogP) is 2.11. The molecule has 2 fully saturated rings. The van der Waals surface area contributed by atoms with E-state index < -0.39 is 0 Å². The van der Waals surface area contributed by atoms with Crippen LogP contribution >= 0.6 is 0 Å². The first-order chi connectivity index (χ1) is 6.90. The summed E-state index contributed by atoms with van der Waals surface area (Å²) in [6, 6.07) is 0.849. The van der Waals surface area contributed by atoms with E-state index in [1.54, 1.807) is 0 Å². The van der Waals surface area contributed by atoms with Crippen LogP contribution in [0.4, 0.5) is 0 Å². The molecule has 84 valence electrons. The van der Waals surface area contributed by atoms with Crippen LogP contribution in [0.2, 0.25) is 0 Å². The number of hydrogen-bond acceptors (Lipinski definition) is 2. The number of nitrogens with one attached hydrogen (secondary N) is 1. The highest BCUT2D eigenvalue weighted by molar-refractivity contribution is 4.89. The Hall–Kier alpha value is -0.0800. The third-order valence-electron chi connectivity index (χ3n) is 3.35. The lowest BCUT2D eigenvalue weighted by Gasteiger charge is -2.44. The third kappa shape index (κ3) is 2.96. The lowest BCUT2D eigenvalue weighted by molar-refractivity contribution is 0.0685. The Labute approximate surface area is 89.1 Å². The van der Waals surface area contributed by atoms with Gasteiger partial charge in [0.1, 0.15) is 0 Å². The second-order valence-electron chi connectivity index (χ2n) is 4.17. The summed E-state index contributed by atoms with van der Waals surface area (Å²) in [5, 5.41) is 3.64. The molecule has 2 saturated heterocycles. The molecule has 2 aliphatic heterocycles. The molecule has 0 bridgehead atoms. The lowest BCUT2D eigenvalue weighted by atomic mass is 9.86. The van der Waals surface area contributed by atoms with Crippen LogP contribution in [0.5, 0.6) is 0 Å². The van der Waals surface area contributed by atoms with E-state index in [9.17, 15) is 0 Å². The maximum absolute atomic E-state index is 3.64. The van der Waals surface area contributed by atoms with Gasteiger partial charge >= 0.3 is 0 Å². The van der Waals surface area contributed by atoms with E-state index in [0.29, 0.717) is 0 Å². The maximum atomic E-state index is 3.64. The molecule has 0 aromatic heterocycles. The van der Waals surface area contributed by atoms with Crippen molar-refractivity contribution in [2.75, 3.05) is 26.2 Å². The van der Waals surface area contributed by atoms with Gasteiger partial charge in [-0.1, -0.05) is 27.2 Å². The van der Waals surface area contributed by atoms with E-state index in [1.807, 2.05) is 13.8 Å². The van der Waals surface area contributed by atoms with Gasteiger partial charge in [-0.25, -0.2) is 0 Å². The Morgan fingerprint density at radius 2 is 1.93 bits per heavy atom. The first-order valence-corrected chi connectivity index (χ1v) is 6.36. The van der Waals surface area contributed by atoms with Crippen molar-refractivity contribution >= 4 is 0 Å². The molecule has 2 aliphatic rings. The normalized spacial score (nSPS) is 28.9. The molecule has 1 unspecified atom stereocenters. The smallest absolute Gasteiger partial charge is 0.0120 e. The van der Waals surface area contributed by atoms with Crippen LogP contribution in [0.25, 0.3) is 0 Å². The van der Waals surface area contributed by atoms with Gasteiger partial charge < -0.3 is 10.2 Å². The van der Waals surface area contributed by atoms with Crippen molar-refractivity contribution in [3.8, 4) is 0 Å². The summed E-state index contributed by atoms with van der Waals surface area (Å²) in [6.45, 7) is 11.4. The summed E-state index contributed by atoms with van der Waals surface area (Å²) < 4.78 is 0. The highest BCUT2D eigenvalue weighted by Gasteiger charge is 2.32. The fourth-order valence-electron chi connectivity index (χ4n) is 2.40. The average molecular weight is 198 g/mol. The number of hydrogen-bond donors (Lipinski definition) is 1. The average Bonchev–Trinajstić information content (AvgIpc) is 2.21. The van der Waals surface area contributed by atoms with E-state index in [1.165, 1.54) is 45.4 Å². The molecule has 2 heterocycles. The number of rotatable bonds is 2. The molecular weight excluding hydrogens is 172 g/mol. The minimum Gasteiger partial charge on any atom is -0.314 e. The summed E-state index contributed by atoms with van der Waals surface area (Å²) in [4.78, 5) is 2.53.